The van der Waals surface area contributed by atoms with Crippen LogP contribution in [0.3, 0.4) is 0 Å². The van der Waals surface area contributed by atoms with Crippen molar-refractivity contribution in [2.24, 2.45) is 5.73 Å². The van der Waals surface area contributed by atoms with Crippen LogP contribution in [0.1, 0.15) is 17.2 Å². The number of halogens is 1. The average Bonchev–Trinajstić information content (AvgIpc) is 2.43. The molecule has 2 N–H and O–H groups in total. The van der Waals surface area contributed by atoms with Crippen LogP contribution >= 0.6 is 11.6 Å². The Balaban J connectivity index is 2.14. The van der Waals surface area contributed by atoms with Gasteiger partial charge in [-0.25, -0.2) is 0 Å². The lowest BCUT2D eigenvalue weighted by molar-refractivity contribution is 0.242. The number of hydrogen-bond donors (Lipinski definition) is 1. The molecule has 0 radical (unpaired) electrons. The van der Waals surface area contributed by atoms with Gasteiger partial charge < -0.3 is 5.73 Å². The Morgan fingerprint density at radius 2 is 1.89 bits per heavy atom. The minimum Gasteiger partial charge on any atom is -0.329 e. The lowest BCUT2D eigenvalue weighted by atomic mass is 10.1. The third-order valence-electron chi connectivity index (χ3n) is 3.22. The van der Waals surface area contributed by atoms with E-state index >= 15 is 0 Å². The molecule has 0 amide bonds. The number of hydrogen-bond acceptors (Lipinski definition) is 3. The zero-order valence-electron chi connectivity index (χ0n) is 11.0. The number of nitrogens with two attached hydrogens (primary N) is 1. The molecule has 3 nitrogen and oxygen atoms in total. The van der Waals surface area contributed by atoms with E-state index in [9.17, 15) is 0 Å². The first-order valence-electron chi connectivity index (χ1n) is 6.26. The summed E-state index contributed by atoms with van der Waals surface area (Å²) in [6.07, 6.45) is 3.59. The van der Waals surface area contributed by atoms with Crippen LogP contribution in [-0.2, 0) is 6.54 Å². The molecule has 0 aliphatic heterocycles. The van der Waals surface area contributed by atoms with Crippen molar-refractivity contribution in [3.8, 4) is 0 Å². The van der Waals surface area contributed by atoms with Crippen LogP contribution in [0, 0.1) is 0 Å². The Labute approximate surface area is 119 Å². The highest BCUT2D eigenvalue weighted by Crippen LogP contribution is 2.22. The summed E-state index contributed by atoms with van der Waals surface area (Å²) in [6, 6.07) is 12.1. The topological polar surface area (TPSA) is 42.1 Å². The molecule has 0 saturated carbocycles. The van der Waals surface area contributed by atoms with Crippen LogP contribution in [0.15, 0.2) is 48.8 Å². The molecule has 4 heteroatoms. The van der Waals surface area contributed by atoms with E-state index in [4.69, 9.17) is 17.3 Å². The first kappa shape index (κ1) is 14.0. The van der Waals surface area contributed by atoms with Crippen LogP contribution in [0.4, 0.5) is 0 Å². The van der Waals surface area contributed by atoms with Gasteiger partial charge in [0.05, 0.1) is 0 Å². The SMILES string of the molecule is CN(Cc1ccccc1Cl)C(CN)c1ccncc1. The molecule has 1 atom stereocenters. The first-order chi connectivity index (χ1) is 9.22. The van der Waals surface area contributed by atoms with Crippen LogP contribution in [0.5, 0.6) is 0 Å². The monoisotopic (exact) mass is 275 g/mol. The van der Waals surface area contributed by atoms with E-state index in [0.717, 1.165) is 17.1 Å². The van der Waals surface area contributed by atoms with E-state index in [1.54, 1.807) is 12.4 Å². The van der Waals surface area contributed by atoms with Crippen molar-refractivity contribution in [1.82, 2.24) is 9.88 Å². The molecule has 0 fully saturated rings. The van der Waals surface area contributed by atoms with E-state index in [1.807, 2.05) is 36.4 Å². The van der Waals surface area contributed by atoms with Gasteiger partial charge in [0.25, 0.3) is 0 Å². The Morgan fingerprint density at radius 1 is 1.21 bits per heavy atom. The van der Waals surface area contributed by atoms with E-state index in [1.165, 1.54) is 5.56 Å². The molecule has 0 saturated heterocycles. The Kier molecular flexibility index (Phi) is 4.91. The Morgan fingerprint density at radius 3 is 2.53 bits per heavy atom. The van der Waals surface area contributed by atoms with Crippen molar-refractivity contribution < 1.29 is 0 Å². The van der Waals surface area contributed by atoms with Gasteiger partial charge in [0.2, 0.25) is 0 Å². The summed E-state index contributed by atoms with van der Waals surface area (Å²) < 4.78 is 0. The van der Waals surface area contributed by atoms with Crippen LogP contribution < -0.4 is 5.73 Å². The lowest BCUT2D eigenvalue weighted by Crippen LogP contribution is -2.30. The molecule has 1 heterocycles. The van der Waals surface area contributed by atoms with Crippen molar-refractivity contribution in [1.29, 1.82) is 0 Å². The minimum absolute atomic E-state index is 0.166. The molecule has 0 spiro atoms. The van der Waals surface area contributed by atoms with Crippen molar-refractivity contribution >= 4 is 11.6 Å². The van der Waals surface area contributed by atoms with E-state index < -0.39 is 0 Å². The zero-order chi connectivity index (χ0) is 13.7. The molecule has 1 aromatic heterocycles. The number of benzene rings is 1. The van der Waals surface area contributed by atoms with Gasteiger partial charge in [-0.2, -0.15) is 0 Å². The maximum absolute atomic E-state index is 6.19. The third kappa shape index (κ3) is 3.53. The van der Waals surface area contributed by atoms with E-state index in [-0.39, 0.29) is 6.04 Å². The number of nitrogens with zero attached hydrogens (tertiary/aromatic N) is 2. The fourth-order valence-corrected chi connectivity index (χ4v) is 2.36. The summed E-state index contributed by atoms with van der Waals surface area (Å²) in [4.78, 5) is 6.24. The summed E-state index contributed by atoms with van der Waals surface area (Å²) in [5, 5.41) is 0.792. The maximum atomic E-state index is 6.19. The molecular formula is C15H18ClN3. The van der Waals surface area contributed by atoms with Gasteiger partial charge >= 0.3 is 0 Å². The normalized spacial score (nSPS) is 12.6. The highest BCUT2D eigenvalue weighted by molar-refractivity contribution is 6.31. The quantitative estimate of drug-likeness (QED) is 0.912. The molecule has 1 unspecified atom stereocenters. The van der Waals surface area contributed by atoms with E-state index in [2.05, 4.69) is 16.9 Å². The third-order valence-corrected chi connectivity index (χ3v) is 3.59. The van der Waals surface area contributed by atoms with Gasteiger partial charge in [-0.05, 0) is 36.4 Å². The van der Waals surface area contributed by atoms with Crippen LogP contribution in [0.25, 0.3) is 0 Å². The van der Waals surface area contributed by atoms with Crippen LogP contribution in [-0.4, -0.2) is 23.5 Å². The molecule has 0 aliphatic rings. The summed E-state index contributed by atoms with van der Waals surface area (Å²) in [5.74, 6) is 0. The summed E-state index contributed by atoms with van der Waals surface area (Å²) in [6.45, 7) is 1.33. The molecule has 2 aromatic rings. The highest BCUT2D eigenvalue weighted by Gasteiger charge is 2.16. The lowest BCUT2D eigenvalue weighted by Gasteiger charge is -2.27. The maximum Gasteiger partial charge on any atom is 0.0472 e. The fourth-order valence-electron chi connectivity index (χ4n) is 2.16. The highest BCUT2D eigenvalue weighted by atomic mass is 35.5. The smallest absolute Gasteiger partial charge is 0.0472 e. The van der Waals surface area contributed by atoms with Crippen molar-refractivity contribution in [3.63, 3.8) is 0 Å². The van der Waals surface area contributed by atoms with Crippen molar-refractivity contribution in [2.45, 2.75) is 12.6 Å². The van der Waals surface area contributed by atoms with Gasteiger partial charge in [-0.1, -0.05) is 29.8 Å². The predicted octanol–water partition coefficient (Wildman–Crippen LogP) is 2.87. The van der Waals surface area contributed by atoms with Crippen LogP contribution in [0.2, 0.25) is 5.02 Å². The molecule has 0 aliphatic carbocycles. The summed E-state index contributed by atoms with van der Waals surface area (Å²) >= 11 is 6.19. The molecule has 100 valence electrons. The molecule has 0 bridgehead atoms. The van der Waals surface area contributed by atoms with E-state index in [0.29, 0.717) is 6.54 Å². The average molecular weight is 276 g/mol. The second kappa shape index (κ2) is 6.66. The predicted molar refractivity (Wildman–Crippen MR) is 79.0 cm³/mol. The van der Waals surface area contributed by atoms with Gasteiger partial charge in [-0.3, -0.25) is 9.88 Å². The first-order valence-corrected chi connectivity index (χ1v) is 6.64. The van der Waals surface area contributed by atoms with Crippen molar-refractivity contribution in [3.05, 3.63) is 64.9 Å². The number of aromatic nitrogens is 1. The van der Waals surface area contributed by atoms with Gasteiger partial charge in [-0.15, -0.1) is 0 Å². The second-order valence-electron chi connectivity index (χ2n) is 4.54. The summed E-state index contributed by atoms with van der Waals surface area (Å²) in [7, 11) is 2.06. The number of likely N-dealkylation sites (N-methyl/N-ethyl adjacent to an activating group) is 1. The van der Waals surface area contributed by atoms with Gasteiger partial charge in [0.15, 0.2) is 0 Å². The fraction of sp³-hybridized carbons (Fsp3) is 0.267. The zero-order valence-corrected chi connectivity index (χ0v) is 11.7. The minimum atomic E-state index is 0.166. The summed E-state index contributed by atoms with van der Waals surface area (Å²) in [5.41, 5.74) is 8.19. The van der Waals surface area contributed by atoms with Gasteiger partial charge in [0, 0.05) is 36.5 Å². The molecule has 19 heavy (non-hydrogen) atoms. The second-order valence-corrected chi connectivity index (χ2v) is 4.95. The molecule has 1 aromatic carbocycles. The Bertz CT molecular complexity index is 516. The number of pyridine rings is 1. The van der Waals surface area contributed by atoms with Crippen molar-refractivity contribution in [2.75, 3.05) is 13.6 Å². The largest absolute Gasteiger partial charge is 0.329 e. The Hall–Kier alpha value is -1.42. The number of rotatable bonds is 5. The molecule has 2 rings (SSSR count). The standard InChI is InChI=1S/C15H18ClN3/c1-19(11-13-4-2-3-5-14(13)16)15(10-17)12-6-8-18-9-7-12/h2-9,15H,10-11,17H2,1H3. The van der Waals surface area contributed by atoms with Gasteiger partial charge in [0.1, 0.15) is 0 Å². The molecular weight excluding hydrogens is 258 g/mol.